The maximum absolute atomic E-state index is 16.3. The Hall–Kier alpha value is -3.45. The Morgan fingerprint density at radius 1 is 0.898 bits per heavy atom. The number of piperidine rings is 1. The molecule has 2 N–H and O–H groups in total. The first-order valence-corrected chi connectivity index (χ1v) is 18.8. The average molecular weight is 708 g/mol. The zero-order chi connectivity index (χ0) is 35.7. The number of hydrogen-bond acceptors (Lipinski definition) is 7. The van der Waals surface area contributed by atoms with Crippen LogP contribution in [0.15, 0.2) is 53.4 Å². The van der Waals surface area contributed by atoms with Gasteiger partial charge in [-0.2, -0.15) is 13.5 Å². The van der Waals surface area contributed by atoms with Crippen LogP contribution in [-0.4, -0.2) is 69.3 Å². The first-order chi connectivity index (χ1) is 23.2. The number of nitrogens with zero attached hydrogens (tertiary/aromatic N) is 1. The minimum atomic E-state index is -4.58. The lowest BCUT2D eigenvalue weighted by molar-refractivity contribution is -0.145. The summed E-state index contributed by atoms with van der Waals surface area (Å²) >= 11 is 0. The molecule has 1 unspecified atom stereocenters. The summed E-state index contributed by atoms with van der Waals surface area (Å²) in [6.45, 7) is 8.24. The molecule has 13 heteroatoms. The number of nitrogens with one attached hydrogen (secondary N) is 2. The Bertz CT molecular complexity index is 1470. The number of halogens is 2. The molecule has 2 aromatic rings. The maximum atomic E-state index is 16.3. The molecule has 0 aromatic heterocycles. The van der Waals surface area contributed by atoms with Crippen LogP contribution in [-0.2, 0) is 25.5 Å². The van der Waals surface area contributed by atoms with Crippen molar-refractivity contribution in [3.05, 3.63) is 54.1 Å². The van der Waals surface area contributed by atoms with Crippen molar-refractivity contribution >= 4 is 22.0 Å². The van der Waals surface area contributed by atoms with Crippen LogP contribution < -0.4 is 19.5 Å². The number of alkyl halides is 2. The van der Waals surface area contributed by atoms with E-state index in [0.717, 1.165) is 37.8 Å². The van der Waals surface area contributed by atoms with E-state index in [-0.39, 0.29) is 36.9 Å². The van der Waals surface area contributed by atoms with Gasteiger partial charge in [-0.1, -0.05) is 32.6 Å². The van der Waals surface area contributed by atoms with Crippen molar-refractivity contribution in [1.29, 1.82) is 0 Å². The molecular formula is C36H51F2N3O7S. The van der Waals surface area contributed by atoms with Gasteiger partial charge in [0.1, 0.15) is 17.1 Å². The molecule has 49 heavy (non-hydrogen) atoms. The highest BCUT2D eigenvalue weighted by Gasteiger charge is 2.50. The fraction of sp³-hybridized carbons (Fsp3) is 0.611. The van der Waals surface area contributed by atoms with E-state index in [1.165, 1.54) is 60.6 Å². The van der Waals surface area contributed by atoms with Gasteiger partial charge in [0.2, 0.25) is 15.9 Å². The van der Waals surface area contributed by atoms with Gasteiger partial charge in [0.25, 0.3) is 5.92 Å². The summed E-state index contributed by atoms with van der Waals surface area (Å²) in [6.07, 6.45) is 7.39. The number of carbonyl (C=O) groups is 2. The number of ether oxygens (including phenoxy) is 3. The highest BCUT2D eigenvalue weighted by atomic mass is 32.2. The third-order valence-corrected chi connectivity index (χ3v) is 10.2. The Morgan fingerprint density at radius 2 is 1.49 bits per heavy atom. The second-order valence-electron chi connectivity index (χ2n) is 13.9. The third-order valence-electron chi connectivity index (χ3n) is 8.76. The largest absolute Gasteiger partial charge is 0.494 e. The van der Waals surface area contributed by atoms with E-state index in [0.29, 0.717) is 30.6 Å². The van der Waals surface area contributed by atoms with Crippen molar-refractivity contribution in [2.24, 2.45) is 5.92 Å². The number of unbranched alkanes of at least 4 members (excludes halogenated alkanes) is 1. The van der Waals surface area contributed by atoms with Crippen LogP contribution in [0.2, 0.25) is 0 Å². The highest BCUT2D eigenvalue weighted by Crippen LogP contribution is 2.35. The van der Waals surface area contributed by atoms with Crippen LogP contribution in [0, 0.1) is 5.92 Å². The molecule has 0 spiro atoms. The van der Waals surface area contributed by atoms with E-state index in [2.05, 4.69) is 5.32 Å². The van der Waals surface area contributed by atoms with E-state index in [9.17, 15) is 18.0 Å². The Morgan fingerprint density at radius 3 is 2.08 bits per heavy atom. The summed E-state index contributed by atoms with van der Waals surface area (Å²) in [5.41, 5.74) is -1.23. The molecule has 2 amide bonds. The molecule has 1 aliphatic carbocycles. The first-order valence-electron chi connectivity index (χ1n) is 17.3. The lowest BCUT2D eigenvalue weighted by atomic mass is 9.90. The number of sulfonamides is 1. The fourth-order valence-corrected chi connectivity index (χ4v) is 7.15. The van der Waals surface area contributed by atoms with Gasteiger partial charge < -0.3 is 24.4 Å². The van der Waals surface area contributed by atoms with Crippen molar-refractivity contribution in [3.63, 3.8) is 0 Å². The fourth-order valence-electron chi connectivity index (χ4n) is 5.96. The summed E-state index contributed by atoms with van der Waals surface area (Å²) in [5, 5.41) is 2.75. The maximum Gasteiger partial charge on any atom is 0.407 e. The number of hydrogen-bond donors (Lipinski definition) is 2. The molecule has 10 nitrogen and oxygen atoms in total. The standard InChI is InChI=1S/C36H51F2N3O7S/c1-5-6-24-46-29-14-12-27(13-15-29)36(37,38)32(33(42)41-22-20-28(21-23-41)39-34(43)48-35(2,3)4)40-49(44,45)31-18-16-30(17-19-31)47-25-26-10-8-7-9-11-26/h12-19,26,28,32,40H,5-11,20-25H2,1-4H3,(H,39,43). The molecule has 4 rings (SSSR count). The van der Waals surface area contributed by atoms with Crippen LogP contribution in [0.5, 0.6) is 11.5 Å². The van der Waals surface area contributed by atoms with Gasteiger partial charge >= 0.3 is 6.09 Å². The SMILES string of the molecule is CCCCOc1ccc(C(F)(F)C(NS(=O)(=O)c2ccc(OCC3CCCCC3)cc2)C(=O)N2CCC(NC(=O)OC(C)(C)C)CC2)cc1. The van der Waals surface area contributed by atoms with Gasteiger partial charge in [0.05, 0.1) is 18.1 Å². The van der Waals surface area contributed by atoms with Crippen LogP contribution in [0.25, 0.3) is 0 Å². The van der Waals surface area contributed by atoms with E-state index < -0.39 is 45.2 Å². The van der Waals surface area contributed by atoms with Crippen LogP contribution in [0.1, 0.15) is 91.0 Å². The second-order valence-corrected chi connectivity index (χ2v) is 15.6. The van der Waals surface area contributed by atoms with Gasteiger partial charge in [-0.3, -0.25) is 4.79 Å². The molecule has 2 aliphatic rings. The van der Waals surface area contributed by atoms with Crippen LogP contribution >= 0.6 is 0 Å². The number of rotatable bonds is 14. The summed E-state index contributed by atoms with van der Waals surface area (Å²) < 4.78 is 78.7. The number of amides is 2. The van der Waals surface area contributed by atoms with Crippen LogP contribution in [0.3, 0.4) is 0 Å². The molecule has 1 aliphatic heterocycles. The molecule has 1 heterocycles. The van der Waals surface area contributed by atoms with Gasteiger partial charge in [-0.05, 0) is 107 Å². The highest BCUT2D eigenvalue weighted by molar-refractivity contribution is 7.89. The van der Waals surface area contributed by atoms with Crippen molar-refractivity contribution in [2.75, 3.05) is 26.3 Å². The van der Waals surface area contributed by atoms with Gasteiger partial charge in [-0.25, -0.2) is 13.2 Å². The van der Waals surface area contributed by atoms with Gasteiger partial charge in [0, 0.05) is 24.7 Å². The summed E-state index contributed by atoms with van der Waals surface area (Å²) in [7, 11) is -4.58. The van der Waals surface area contributed by atoms with Gasteiger partial charge in [-0.15, -0.1) is 0 Å². The number of likely N-dealkylation sites (tertiary alicyclic amines) is 1. The summed E-state index contributed by atoms with van der Waals surface area (Å²) in [5.74, 6) is -3.68. The third kappa shape index (κ3) is 11.3. The summed E-state index contributed by atoms with van der Waals surface area (Å²) in [6, 6.07) is 7.83. The molecular weight excluding hydrogens is 656 g/mol. The monoisotopic (exact) mass is 707 g/mol. The topological polar surface area (TPSA) is 123 Å². The van der Waals surface area contributed by atoms with Crippen molar-refractivity contribution in [3.8, 4) is 11.5 Å². The van der Waals surface area contributed by atoms with Crippen molar-refractivity contribution in [2.45, 2.75) is 114 Å². The minimum absolute atomic E-state index is 0.0326. The Kier molecular flexibility index (Phi) is 13.3. The molecule has 1 atom stereocenters. The Balaban J connectivity index is 1.50. The smallest absolute Gasteiger partial charge is 0.407 e. The predicted octanol–water partition coefficient (Wildman–Crippen LogP) is 6.78. The minimum Gasteiger partial charge on any atom is -0.494 e. The van der Waals surface area contributed by atoms with E-state index in [1.54, 1.807) is 20.8 Å². The normalized spacial score (nSPS) is 17.3. The Labute approximate surface area is 289 Å². The number of carbonyl (C=O) groups excluding carboxylic acids is 2. The molecule has 2 fully saturated rings. The second kappa shape index (κ2) is 17.0. The molecule has 272 valence electrons. The molecule has 0 bridgehead atoms. The van der Waals surface area contributed by atoms with E-state index >= 15 is 8.78 Å². The quantitative estimate of drug-likeness (QED) is 0.208. The molecule has 0 radical (unpaired) electrons. The van der Waals surface area contributed by atoms with Crippen molar-refractivity contribution in [1.82, 2.24) is 14.9 Å². The van der Waals surface area contributed by atoms with Crippen molar-refractivity contribution < 1.29 is 41.0 Å². The van der Waals surface area contributed by atoms with E-state index in [4.69, 9.17) is 14.2 Å². The zero-order valence-electron chi connectivity index (χ0n) is 29.0. The van der Waals surface area contributed by atoms with Crippen LogP contribution in [0.4, 0.5) is 13.6 Å². The van der Waals surface area contributed by atoms with Gasteiger partial charge in [0.15, 0.2) is 6.04 Å². The number of benzene rings is 2. The average Bonchev–Trinajstić information content (AvgIpc) is 3.06. The predicted molar refractivity (Wildman–Crippen MR) is 182 cm³/mol. The molecule has 2 aromatic carbocycles. The molecule has 1 saturated heterocycles. The first kappa shape index (κ1) is 38.4. The van der Waals surface area contributed by atoms with E-state index in [1.807, 2.05) is 11.6 Å². The molecule has 1 saturated carbocycles. The number of alkyl carbamates (subject to hydrolysis) is 1. The summed E-state index contributed by atoms with van der Waals surface area (Å²) in [4.78, 5) is 27.0. The zero-order valence-corrected chi connectivity index (χ0v) is 29.8. The lowest BCUT2D eigenvalue weighted by Gasteiger charge is -2.36. The lowest BCUT2D eigenvalue weighted by Crippen LogP contribution is -2.58.